The zero-order valence-corrected chi connectivity index (χ0v) is 12.8. The predicted molar refractivity (Wildman–Crippen MR) is 77.0 cm³/mol. The minimum atomic E-state index is -3.21. The molecule has 4 nitrogen and oxygen atoms in total. The second-order valence-corrected chi connectivity index (χ2v) is 7.75. The Hall–Kier alpha value is -0.340. The molecule has 0 heterocycles. The summed E-state index contributed by atoms with van der Waals surface area (Å²) in [5.74, 6) is 0. The molecule has 0 saturated heterocycles. The fraction of sp³-hybridized carbons (Fsp3) is 0.923. The van der Waals surface area contributed by atoms with Gasteiger partial charge in [0.2, 0.25) is 7.37 Å². The van der Waals surface area contributed by atoms with Crippen LogP contribution >= 0.6 is 7.37 Å². The van der Waals surface area contributed by atoms with Crippen LogP contribution < -0.4 is 0 Å². The van der Waals surface area contributed by atoms with Gasteiger partial charge in [-0.05, 0) is 20.3 Å². The fourth-order valence-electron chi connectivity index (χ4n) is 1.86. The summed E-state index contributed by atoms with van der Waals surface area (Å²) in [7, 11) is -3.21. The van der Waals surface area contributed by atoms with E-state index in [0.717, 1.165) is 19.3 Å². The molecule has 0 fully saturated rings. The second-order valence-electron chi connectivity index (χ2n) is 5.02. The van der Waals surface area contributed by atoms with Crippen molar-refractivity contribution in [3.8, 4) is 0 Å². The van der Waals surface area contributed by atoms with Crippen molar-refractivity contribution >= 4 is 13.1 Å². The molecule has 2 atom stereocenters. The summed E-state index contributed by atoms with van der Waals surface area (Å²) in [6.07, 6.45) is 8.26. The maximum Gasteiger partial charge on any atom is 0.208 e. The third-order valence-electron chi connectivity index (χ3n) is 3.45. The normalized spacial score (nSPS) is 17.4. The van der Waals surface area contributed by atoms with Gasteiger partial charge >= 0.3 is 0 Å². The minimum absolute atomic E-state index is 0.328. The summed E-state index contributed by atoms with van der Waals surface area (Å²) in [6.45, 7) is 5.42. The van der Waals surface area contributed by atoms with E-state index >= 15 is 0 Å². The molecule has 0 aliphatic heterocycles. The highest BCUT2D eigenvalue weighted by atomic mass is 31.2. The standard InChI is InChI=1S/C13H28NO3P/c1-4-5-6-7-8-9-10-11-18(16,17)13(3)12(2)14-15/h13,15H,4-11H2,1-3H3,(H,16,17). The minimum Gasteiger partial charge on any atom is -0.411 e. The Bertz CT molecular complexity index is 292. The summed E-state index contributed by atoms with van der Waals surface area (Å²) < 4.78 is 12.0. The average Bonchev–Trinajstić information content (AvgIpc) is 2.35. The lowest BCUT2D eigenvalue weighted by Crippen LogP contribution is -2.16. The zero-order valence-electron chi connectivity index (χ0n) is 11.9. The van der Waals surface area contributed by atoms with Crippen molar-refractivity contribution in [2.75, 3.05) is 6.16 Å². The van der Waals surface area contributed by atoms with Crippen molar-refractivity contribution < 1.29 is 14.7 Å². The Morgan fingerprint density at radius 2 is 1.67 bits per heavy atom. The maximum absolute atomic E-state index is 12.0. The number of hydrogen-bond donors (Lipinski definition) is 2. The molecule has 0 aromatic rings. The molecule has 0 amide bonds. The molecule has 108 valence electrons. The predicted octanol–water partition coefficient (Wildman–Crippen LogP) is 4.25. The first-order valence-corrected chi connectivity index (χ1v) is 8.87. The molecule has 5 heteroatoms. The zero-order chi connectivity index (χ0) is 14.0. The monoisotopic (exact) mass is 277 g/mol. The van der Waals surface area contributed by atoms with E-state index in [1.165, 1.54) is 25.7 Å². The van der Waals surface area contributed by atoms with E-state index < -0.39 is 13.0 Å². The van der Waals surface area contributed by atoms with Crippen LogP contribution in [0.5, 0.6) is 0 Å². The van der Waals surface area contributed by atoms with Crippen LogP contribution in [0.15, 0.2) is 5.16 Å². The van der Waals surface area contributed by atoms with E-state index in [-0.39, 0.29) is 0 Å². The smallest absolute Gasteiger partial charge is 0.208 e. The SMILES string of the molecule is CCCCCCCCCP(=O)(O)C(C)C(C)=NO. The van der Waals surface area contributed by atoms with Crippen LogP contribution in [0.25, 0.3) is 0 Å². The van der Waals surface area contributed by atoms with Gasteiger partial charge in [-0.15, -0.1) is 0 Å². The molecule has 0 radical (unpaired) electrons. The van der Waals surface area contributed by atoms with Crippen LogP contribution in [0.3, 0.4) is 0 Å². The van der Waals surface area contributed by atoms with Crippen LogP contribution in [-0.4, -0.2) is 27.6 Å². The largest absolute Gasteiger partial charge is 0.411 e. The van der Waals surface area contributed by atoms with Gasteiger partial charge in [0.1, 0.15) is 0 Å². The van der Waals surface area contributed by atoms with E-state index in [2.05, 4.69) is 12.1 Å². The van der Waals surface area contributed by atoms with Gasteiger partial charge in [-0.3, -0.25) is 4.57 Å². The van der Waals surface area contributed by atoms with Crippen molar-refractivity contribution in [3.63, 3.8) is 0 Å². The number of oxime groups is 1. The summed E-state index contributed by atoms with van der Waals surface area (Å²) in [4.78, 5) is 9.89. The molecule has 0 spiro atoms. The Morgan fingerprint density at radius 3 is 2.17 bits per heavy atom. The molecule has 0 aliphatic rings. The molecule has 0 saturated carbocycles. The molecule has 0 bridgehead atoms. The summed E-state index contributed by atoms with van der Waals surface area (Å²) in [5, 5.41) is 11.6. The first-order chi connectivity index (χ1) is 8.45. The Labute approximate surface area is 111 Å². The van der Waals surface area contributed by atoms with E-state index in [0.29, 0.717) is 11.9 Å². The van der Waals surface area contributed by atoms with Gasteiger partial charge < -0.3 is 10.1 Å². The lowest BCUT2D eigenvalue weighted by molar-refractivity contribution is 0.317. The van der Waals surface area contributed by atoms with Crippen LogP contribution in [0.2, 0.25) is 0 Å². The number of nitrogens with zero attached hydrogens (tertiary/aromatic N) is 1. The van der Waals surface area contributed by atoms with Gasteiger partial charge in [-0.2, -0.15) is 0 Å². The van der Waals surface area contributed by atoms with E-state index in [1.54, 1.807) is 13.8 Å². The quantitative estimate of drug-likeness (QED) is 0.206. The van der Waals surface area contributed by atoms with Gasteiger partial charge in [0.05, 0.1) is 11.4 Å². The van der Waals surface area contributed by atoms with Crippen molar-refractivity contribution in [1.29, 1.82) is 0 Å². The highest BCUT2D eigenvalue weighted by Crippen LogP contribution is 2.47. The molecular weight excluding hydrogens is 249 g/mol. The van der Waals surface area contributed by atoms with Gasteiger partial charge in [-0.25, -0.2) is 0 Å². The summed E-state index contributed by atoms with van der Waals surface area (Å²) >= 11 is 0. The molecule has 0 rings (SSSR count). The summed E-state index contributed by atoms with van der Waals surface area (Å²) in [5.41, 5.74) is -0.202. The fourth-order valence-corrected chi connectivity index (χ4v) is 3.56. The van der Waals surface area contributed by atoms with Crippen LogP contribution in [-0.2, 0) is 4.57 Å². The van der Waals surface area contributed by atoms with Gasteiger partial charge in [0.25, 0.3) is 0 Å². The van der Waals surface area contributed by atoms with Gasteiger partial charge in [-0.1, -0.05) is 50.6 Å². The third kappa shape index (κ3) is 7.17. The highest BCUT2D eigenvalue weighted by Gasteiger charge is 2.28. The lowest BCUT2D eigenvalue weighted by atomic mass is 10.1. The number of rotatable bonds is 10. The molecule has 18 heavy (non-hydrogen) atoms. The lowest BCUT2D eigenvalue weighted by Gasteiger charge is -2.18. The first-order valence-electron chi connectivity index (χ1n) is 6.95. The Balaban J connectivity index is 3.81. The topological polar surface area (TPSA) is 69.9 Å². The van der Waals surface area contributed by atoms with Gasteiger partial charge in [0.15, 0.2) is 0 Å². The molecular formula is C13H28NO3P. The van der Waals surface area contributed by atoms with Gasteiger partial charge in [0, 0.05) is 6.16 Å². The summed E-state index contributed by atoms with van der Waals surface area (Å²) in [6, 6.07) is 0. The Kier molecular flexibility index (Phi) is 9.39. The van der Waals surface area contributed by atoms with Crippen molar-refractivity contribution in [1.82, 2.24) is 0 Å². The maximum atomic E-state index is 12.0. The molecule has 0 aromatic heterocycles. The number of hydrogen-bond acceptors (Lipinski definition) is 3. The third-order valence-corrected chi connectivity index (χ3v) is 5.99. The molecule has 2 unspecified atom stereocenters. The Morgan fingerprint density at radius 1 is 1.17 bits per heavy atom. The average molecular weight is 277 g/mol. The van der Waals surface area contributed by atoms with Crippen molar-refractivity contribution in [2.24, 2.45) is 5.16 Å². The van der Waals surface area contributed by atoms with Crippen LogP contribution in [0, 0.1) is 0 Å². The van der Waals surface area contributed by atoms with E-state index in [1.807, 2.05) is 0 Å². The first kappa shape index (κ1) is 17.7. The van der Waals surface area contributed by atoms with Crippen molar-refractivity contribution in [3.05, 3.63) is 0 Å². The number of unbranched alkanes of at least 4 members (excludes halogenated alkanes) is 6. The molecule has 0 aromatic carbocycles. The molecule has 0 aliphatic carbocycles. The second kappa shape index (κ2) is 9.57. The van der Waals surface area contributed by atoms with Crippen LogP contribution in [0.4, 0.5) is 0 Å². The molecule has 2 N–H and O–H groups in total. The van der Waals surface area contributed by atoms with Crippen LogP contribution in [0.1, 0.15) is 65.7 Å². The van der Waals surface area contributed by atoms with Crippen molar-refractivity contribution in [2.45, 2.75) is 71.4 Å². The van der Waals surface area contributed by atoms with E-state index in [9.17, 15) is 9.46 Å². The highest BCUT2D eigenvalue weighted by molar-refractivity contribution is 7.59. The van der Waals surface area contributed by atoms with E-state index in [4.69, 9.17) is 5.21 Å².